The average molecular weight is 300 g/mol. The van der Waals surface area contributed by atoms with Crippen molar-refractivity contribution in [3.05, 3.63) is 63.6 Å². The molecule has 0 fully saturated rings. The molecule has 2 rings (SSSR count). The molecule has 0 aliphatic rings. The van der Waals surface area contributed by atoms with Gasteiger partial charge in [-0.05, 0) is 37.1 Å². The third kappa shape index (κ3) is 3.60. The van der Waals surface area contributed by atoms with Gasteiger partial charge in [0.25, 0.3) is 5.56 Å². The zero-order valence-corrected chi connectivity index (χ0v) is 12.3. The van der Waals surface area contributed by atoms with Crippen molar-refractivity contribution in [1.29, 1.82) is 0 Å². The Morgan fingerprint density at radius 1 is 1.18 bits per heavy atom. The van der Waals surface area contributed by atoms with E-state index in [0.717, 1.165) is 28.0 Å². The molecule has 114 valence electrons. The third-order valence-electron chi connectivity index (χ3n) is 3.21. The van der Waals surface area contributed by atoms with Crippen LogP contribution < -0.4 is 10.9 Å². The number of aromatic nitrogens is 1. The zero-order valence-electron chi connectivity index (χ0n) is 12.3. The van der Waals surface area contributed by atoms with Gasteiger partial charge in [0.05, 0.1) is 5.56 Å². The second kappa shape index (κ2) is 6.26. The molecule has 1 aromatic heterocycles. The van der Waals surface area contributed by atoms with Crippen molar-refractivity contribution < 1.29 is 14.7 Å². The molecule has 0 unspecified atom stereocenters. The van der Waals surface area contributed by atoms with E-state index in [1.807, 2.05) is 32.0 Å². The van der Waals surface area contributed by atoms with E-state index in [4.69, 9.17) is 5.11 Å². The van der Waals surface area contributed by atoms with E-state index in [0.29, 0.717) is 5.69 Å². The van der Waals surface area contributed by atoms with Crippen molar-refractivity contribution in [3.8, 4) is 0 Å². The summed E-state index contributed by atoms with van der Waals surface area (Å²) in [6.07, 6.45) is 1.16. The molecule has 1 amide bonds. The van der Waals surface area contributed by atoms with Crippen LogP contribution >= 0.6 is 0 Å². The number of carboxylic acids is 1. The number of nitrogens with zero attached hydrogens (tertiary/aromatic N) is 1. The topological polar surface area (TPSA) is 88.4 Å². The highest BCUT2D eigenvalue weighted by atomic mass is 16.4. The maximum absolute atomic E-state index is 12.1. The number of carboxylic acid groups (broad SMARTS) is 1. The lowest BCUT2D eigenvalue weighted by Gasteiger charge is -2.11. The summed E-state index contributed by atoms with van der Waals surface area (Å²) in [7, 11) is 0. The molecule has 0 aliphatic heterocycles. The van der Waals surface area contributed by atoms with Crippen LogP contribution in [0.4, 0.5) is 5.69 Å². The Morgan fingerprint density at radius 2 is 1.91 bits per heavy atom. The molecule has 1 heterocycles. The van der Waals surface area contributed by atoms with Crippen molar-refractivity contribution >= 4 is 17.6 Å². The number of aromatic carboxylic acids is 1. The minimum atomic E-state index is -1.15. The minimum absolute atomic E-state index is 0.0425. The summed E-state index contributed by atoms with van der Waals surface area (Å²) in [6.45, 7) is 3.54. The van der Waals surface area contributed by atoms with Crippen molar-refractivity contribution in [2.75, 3.05) is 5.32 Å². The van der Waals surface area contributed by atoms with Crippen molar-refractivity contribution in [2.45, 2.75) is 20.4 Å². The fraction of sp³-hybridized carbons (Fsp3) is 0.188. The maximum Gasteiger partial charge on any atom is 0.337 e. The van der Waals surface area contributed by atoms with Gasteiger partial charge in [0.1, 0.15) is 6.54 Å². The summed E-state index contributed by atoms with van der Waals surface area (Å²) in [5.74, 6) is -1.54. The van der Waals surface area contributed by atoms with Gasteiger partial charge in [-0.2, -0.15) is 0 Å². The number of hydrogen-bond acceptors (Lipinski definition) is 3. The number of hydrogen-bond donors (Lipinski definition) is 2. The number of carbonyl (C=O) groups excluding carboxylic acids is 1. The monoisotopic (exact) mass is 300 g/mol. The molecule has 0 radical (unpaired) electrons. The first-order chi connectivity index (χ1) is 10.4. The van der Waals surface area contributed by atoms with Crippen LogP contribution in [0.15, 0.2) is 41.3 Å². The summed E-state index contributed by atoms with van der Waals surface area (Å²) in [4.78, 5) is 34.7. The minimum Gasteiger partial charge on any atom is -0.478 e. The smallest absolute Gasteiger partial charge is 0.337 e. The summed E-state index contributed by atoms with van der Waals surface area (Å²) in [5.41, 5.74) is 2.12. The summed E-state index contributed by atoms with van der Waals surface area (Å²) in [5, 5.41) is 11.6. The third-order valence-corrected chi connectivity index (χ3v) is 3.21. The van der Waals surface area contributed by atoms with Gasteiger partial charge < -0.3 is 15.0 Å². The van der Waals surface area contributed by atoms with E-state index in [-0.39, 0.29) is 12.1 Å². The van der Waals surface area contributed by atoms with Crippen LogP contribution in [-0.2, 0) is 11.3 Å². The number of aryl methyl sites for hydroxylation is 2. The highest BCUT2D eigenvalue weighted by molar-refractivity contribution is 5.91. The van der Waals surface area contributed by atoms with E-state index in [1.165, 1.54) is 6.07 Å². The Morgan fingerprint density at radius 3 is 2.59 bits per heavy atom. The number of amides is 1. The molecule has 6 heteroatoms. The zero-order chi connectivity index (χ0) is 16.3. The number of benzene rings is 1. The lowest BCUT2D eigenvalue weighted by molar-refractivity contribution is -0.116. The molecule has 22 heavy (non-hydrogen) atoms. The average Bonchev–Trinajstić information content (AvgIpc) is 2.45. The van der Waals surface area contributed by atoms with E-state index >= 15 is 0 Å². The van der Waals surface area contributed by atoms with Gasteiger partial charge >= 0.3 is 5.97 Å². The lowest BCUT2D eigenvalue weighted by atomic mass is 10.1. The SMILES string of the molecule is Cc1ccc(C)c(NC(=O)Cn2cc(C(=O)O)ccc2=O)c1. The highest BCUT2D eigenvalue weighted by Crippen LogP contribution is 2.16. The van der Waals surface area contributed by atoms with Crippen LogP contribution in [0.3, 0.4) is 0 Å². The molecule has 0 saturated heterocycles. The molecule has 0 aliphatic carbocycles. The fourth-order valence-electron chi connectivity index (χ4n) is 2.00. The predicted octanol–water partition coefficient (Wildman–Crippen LogP) is 1.80. The number of anilines is 1. The van der Waals surface area contributed by atoms with Crippen molar-refractivity contribution in [1.82, 2.24) is 4.57 Å². The van der Waals surface area contributed by atoms with Crippen molar-refractivity contribution in [3.63, 3.8) is 0 Å². The quantitative estimate of drug-likeness (QED) is 0.901. The normalized spacial score (nSPS) is 10.3. The Kier molecular flexibility index (Phi) is 4.41. The van der Waals surface area contributed by atoms with E-state index in [1.54, 1.807) is 0 Å². The van der Waals surface area contributed by atoms with Crippen LogP contribution in [0.1, 0.15) is 21.5 Å². The highest BCUT2D eigenvalue weighted by Gasteiger charge is 2.10. The van der Waals surface area contributed by atoms with E-state index in [2.05, 4.69) is 5.32 Å². The Bertz CT molecular complexity index is 793. The van der Waals surface area contributed by atoms with E-state index < -0.39 is 17.4 Å². The first-order valence-electron chi connectivity index (χ1n) is 6.67. The summed E-state index contributed by atoms with van der Waals surface area (Å²) < 4.78 is 1.07. The second-order valence-corrected chi connectivity index (χ2v) is 5.06. The van der Waals surface area contributed by atoms with Crippen LogP contribution in [0.2, 0.25) is 0 Å². The van der Waals surface area contributed by atoms with Gasteiger partial charge in [0.15, 0.2) is 0 Å². The van der Waals surface area contributed by atoms with Crippen LogP contribution in [-0.4, -0.2) is 21.6 Å². The number of carbonyl (C=O) groups is 2. The van der Waals surface area contributed by atoms with Gasteiger partial charge in [-0.3, -0.25) is 9.59 Å². The lowest BCUT2D eigenvalue weighted by Crippen LogP contribution is -2.27. The van der Waals surface area contributed by atoms with Crippen LogP contribution in [0, 0.1) is 13.8 Å². The molecule has 0 atom stereocenters. The molecule has 2 N–H and O–H groups in total. The molecular weight excluding hydrogens is 284 g/mol. The predicted molar refractivity (Wildman–Crippen MR) is 82.2 cm³/mol. The number of nitrogens with one attached hydrogen (secondary N) is 1. The number of rotatable bonds is 4. The van der Waals surface area contributed by atoms with Gasteiger partial charge in [-0.1, -0.05) is 12.1 Å². The van der Waals surface area contributed by atoms with Crippen LogP contribution in [0.25, 0.3) is 0 Å². The molecule has 2 aromatic rings. The standard InChI is InChI=1S/C16H16N2O4/c1-10-3-4-11(2)13(7-10)17-14(19)9-18-8-12(16(21)22)5-6-15(18)20/h3-8H,9H2,1-2H3,(H,17,19)(H,21,22). The first kappa shape index (κ1) is 15.5. The Balaban J connectivity index is 2.19. The molecule has 6 nitrogen and oxygen atoms in total. The number of pyridine rings is 1. The van der Waals surface area contributed by atoms with E-state index in [9.17, 15) is 14.4 Å². The Labute approximate surface area is 127 Å². The molecule has 0 spiro atoms. The first-order valence-corrected chi connectivity index (χ1v) is 6.67. The summed E-state index contributed by atoms with van der Waals surface area (Å²) >= 11 is 0. The van der Waals surface area contributed by atoms with Gasteiger partial charge in [0, 0.05) is 18.0 Å². The van der Waals surface area contributed by atoms with Gasteiger partial charge in [0.2, 0.25) is 5.91 Å². The van der Waals surface area contributed by atoms with Crippen molar-refractivity contribution in [2.24, 2.45) is 0 Å². The van der Waals surface area contributed by atoms with Gasteiger partial charge in [-0.15, -0.1) is 0 Å². The molecule has 0 bridgehead atoms. The largest absolute Gasteiger partial charge is 0.478 e. The van der Waals surface area contributed by atoms with Crippen LogP contribution in [0.5, 0.6) is 0 Å². The second-order valence-electron chi connectivity index (χ2n) is 5.06. The molecule has 1 aromatic carbocycles. The Hall–Kier alpha value is -2.89. The maximum atomic E-state index is 12.1. The molecular formula is C16H16N2O4. The molecule has 0 saturated carbocycles. The van der Waals surface area contributed by atoms with Gasteiger partial charge in [-0.25, -0.2) is 4.79 Å². The fourth-order valence-corrected chi connectivity index (χ4v) is 2.00. The summed E-state index contributed by atoms with van der Waals surface area (Å²) in [6, 6.07) is 8.01.